The molecule has 1 aromatic rings. The van der Waals surface area contributed by atoms with Gasteiger partial charge in [0.1, 0.15) is 11.6 Å². The van der Waals surface area contributed by atoms with Gasteiger partial charge in [0, 0.05) is 18.0 Å². The van der Waals surface area contributed by atoms with Crippen molar-refractivity contribution >= 4 is 0 Å². The second-order valence-corrected chi connectivity index (χ2v) is 5.00. The van der Waals surface area contributed by atoms with Crippen LogP contribution in [0.1, 0.15) is 37.7 Å². The standard InChI is InChI=1S/C14H19F2N/c1-17-10-14(7-3-2-4-8-14)12-6-5-11(15)9-13(12)16/h5-6,9,17H,2-4,7-8,10H2,1H3. The summed E-state index contributed by atoms with van der Waals surface area (Å²) in [6, 6.07) is 3.99. The van der Waals surface area contributed by atoms with Gasteiger partial charge in [-0.3, -0.25) is 0 Å². The van der Waals surface area contributed by atoms with Crippen LogP contribution in [0.15, 0.2) is 18.2 Å². The van der Waals surface area contributed by atoms with Crippen molar-refractivity contribution in [2.75, 3.05) is 13.6 Å². The molecule has 0 saturated heterocycles. The number of nitrogens with one attached hydrogen (secondary N) is 1. The Labute approximate surface area is 101 Å². The molecule has 0 heterocycles. The van der Waals surface area contributed by atoms with Crippen molar-refractivity contribution in [1.82, 2.24) is 5.32 Å². The molecule has 1 aliphatic rings. The van der Waals surface area contributed by atoms with E-state index < -0.39 is 11.6 Å². The van der Waals surface area contributed by atoms with Gasteiger partial charge in [0.2, 0.25) is 0 Å². The Morgan fingerprint density at radius 1 is 1.18 bits per heavy atom. The largest absolute Gasteiger partial charge is 0.319 e. The Hall–Kier alpha value is -0.960. The third-order valence-electron chi connectivity index (χ3n) is 3.83. The number of hydrogen-bond donors (Lipinski definition) is 1. The van der Waals surface area contributed by atoms with E-state index in [-0.39, 0.29) is 5.41 Å². The van der Waals surface area contributed by atoms with Gasteiger partial charge in [-0.15, -0.1) is 0 Å². The van der Waals surface area contributed by atoms with Crippen LogP contribution in [0, 0.1) is 11.6 Å². The topological polar surface area (TPSA) is 12.0 Å². The van der Waals surface area contributed by atoms with Crippen molar-refractivity contribution in [2.45, 2.75) is 37.5 Å². The van der Waals surface area contributed by atoms with Gasteiger partial charge in [-0.25, -0.2) is 8.78 Å². The Kier molecular flexibility index (Phi) is 3.77. The molecule has 0 atom stereocenters. The lowest BCUT2D eigenvalue weighted by Gasteiger charge is -2.38. The molecule has 0 unspecified atom stereocenters. The highest BCUT2D eigenvalue weighted by atomic mass is 19.1. The van der Waals surface area contributed by atoms with Gasteiger partial charge in [0.05, 0.1) is 0 Å². The Morgan fingerprint density at radius 3 is 2.47 bits per heavy atom. The summed E-state index contributed by atoms with van der Waals surface area (Å²) in [4.78, 5) is 0. The molecular formula is C14H19F2N. The molecule has 1 N–H and O–H groups in total. The summed E-state index contributed by atoms with van der Waals surface area (Å²) >= 11 is 0. The quantitative estimate of drug-likeness (QED) is 0.852. The van der Waals surface area contributed by atoms with E-state index in [4.69, 9.17) is 0 Å². The van der Waals surface area contributed by atoms with Crippen LogP contribution >= 0.6 is 0 Å². The lowest BCUT2D eigenvalue weighted by atomic mass is 9.69. The molecule has 17 heavy (non-hydrogen) atoms. The fraction of sp³-hybridized carbons (Fsp3) is 0.571. The third-order valence-corrected chi connectivity index (χ3v) is 3.83. The molecule has 2 rings (SSSR count). The van der Waals surface area contributed by atoms with Gasteiger partial charge in [-0.05, 0) is 31.5 Å². The molecule has 94 valence electrons. The third kappa shape index (κ3) is 2.49. The number of rotatable bonds is 3. The van der Waals surface area contributed by atoms with Crippen LogP contribution in [0.2, 0.25) is 0 Å². The first kappa shape index (κ1) is 12.5. The van der Waals surface area contributed by atoms with E-state index in [1.165, 1.54) is 12.5 Å². The predicted molar refractivity (Wildman–Crippen MR) is 65.0 cm³/mol. The molecule has 0 spiro atoms. The molecule has 1 nitrogen and oxygen atoms in total. The van der Waals surface area contributed by atoms with Gasteiger partial charge in [-0.1, -0.05) is 25.3 Å². The van der Waals surface area contributed by atoms with Crippen LogP contribution in [-0.4, -0.2) is 13.6 Å². The summed E-state index contributed by atoms with van der Waals surface area (Å²) in [6.07, 6.45) is 5.43. The predicted octanol–water partition coefficient (Wildman–Crippen LogP) is 3.39. The van der Waals surface area contributed by atoms with Crippen molar-refractivity contribution in [3.05, 3.63) is 35.4 Å². The first-order chi connectivity index (χ1) is 8.18. The van der Waals surface area contributed by atoms with Crippen LogP contribution in [0.3, 0.4) is 0 Å². The van der Waals surface area contributed by atoms with Crippen molar-refractivity contribution in [1.29, 1.82) is 0 Å². The minimum Gasteiger partial charge on any atom is -0.319 e. The molecule has 3 heteroatoms. The van der Waals surface area contributed by atoms with E-state index in [0.717, 1.165) is 38.3 Å². The second-order valence-electron chi connectivity index (χ2n) is 5.00. The van der Waals surface area contributed by atoms with E-state index in [1.807, 2.05) is 7.05 Å². The zero-order chi connectivity index (χ0) is 12.3. The molecule has 1 fully saturated rings. The summed E-state index contributed by atoms with van der Waals surface area (Å²) in [7, 11) is 1.89. The Balaban J connectivity index is 2.37. The second kappa shape index (κ2) is 5.13. The van der Waals surface area contributed by atoms with E-state index in [1.54, 1.807) is 6.07 Å². The molecule has 1 aliphatic carbocycles. The normalized spacial score (nSPS) is 19.2. The average molecular weight is 239 g/mol. The molecule has 1 aromatic carbocycles. The Morgan fingerprint density at radius 2 is 1.88 bits per heavy atom. The van der Waals surface area contributed by atoms with E-state index in [2.05, 4.69) is 5.32 Å². The maximum Gasteiger partial charge on any atom is 0.129 e. The summed E-state index contributed by atoms with van der Waals surface area (Å²) in [6.45, 7) is 0.759. The summed E-state index contributed by atoms with van der Waals surface area (Å²) in [5, 5.41) is 3.16. The molecule has 1 saturated carbocycles. The smallest absolute Gasteiger partial charge is 0.129 e. The van der Waals surface area contributed by atoms with Crippen molar-refractivity contribution in [3.8, 4) is 0 Å². The monoisotopic (exact) mass is 239 g/mol. The SMILES string of the molecule is CNCC1(c2ccc(F)cc2F)CCCCC1. The van der Waals surface area contributed by atoms with Gasteiger partial charge >= 0.3 is 0 Å². The molecule has 0 aliphatic heterocycles. The first-order valence-electron chi connectivity index (χ1n) is 6.28. The average Bonchev–Trinajstić information content (AvgIpc) is 2.30. The van der Waals surface area contributed by atoms with Crippen LogP contribution in [0.4, 0.5) is 8.78 Å². The summed E-state index contributed by atoms with van der Waals surface area (Å²) < 4.78 is 26.9. The van der Waals surface area contributed by atoms with Crippen molar-refractivity contribution in [2.24, 2.45) is 0 Å². The van der Waals surface area contributed by atoms with Gasteiger partial charge < -0.3 is 5.32 Å². The Bertz CT molecular complexity index is 378. The van der Waals surface area contributed by atoms with Crippen LogP contribution < -0.4 is 5.32 Å². The van der Waals surface area contributed by atoms with Crippen LogP contribution in [0.25, 0.3) is 0 Å². The maximum atomic E-state index is 13.9. The van der Waals surface area contributed by atoms with Gasteiger partial charge in [-0.2, -0.15) is 0 Å². The van der Waals surface area contributed by atoms with Crippen LogP contribution in [0.5, 0.6) is 0 Å². The fourth-order valence-electron chi connectivity index (χ4n) is 3.03. The highest BCUT2D eigenvalue weighted by Gasteiger charge is 2.35. The van der Waals surface area contributed by atoms with Gasteiger partial charge in [0.25, 0.3) is 0 Å². The highest BCUT2D eigenvalue weighted by molar-refractivity contribution is 5.29. The number of likely N-dealkylation sites (N-methyl/N-ethyl adjacent to an activating group) is 1. The van der Waals surface area contributed by atoms with Gasteiger partial charge in [0.15, 0.2) is 0 Å². The lowest BCUT2D eigenvalue weighted by molar-refractivity contribution is 0.277. The van der Waals surface area contributed by atoms with E-state index in [9.17, 15) is 8.78 Å². The minimum atomic E-state index is -0.498. The zero-order valence-corrected chi connectivity index (χ0v) is 10.2. The van der Waals surface area contributed by atoms with Crippen molar-refractivity contribution < 1.29 is 8.78 Å². The van der Waals surface area contributed by atoms with Crippen molar-refractivity contribution in [3.63, 3.8) is 0 Å². The number of benzene rings is 1. The molecule has 0 aromatic heterocycles. The van der Waals surface area contributed by atoms with E-state index >= 15 is 0 Å². The molecule has 0 radical (unpaired) electrons. The molecule has 0 bridgehead atoms. The molecule has 0 amide bonds. The minimum absolute atomic E-state index is 0.148. The zero-order valence-electron chi connectivity index (χ0n) is 10.2. The van der Waals surface area contributed by atoms with Crippen LogP contribution in [-0.2, 0) is 5.41 Å². The first-order valence-corrected chi connectivity index (χ1v) is 6.28. The fourth-order valence-corrected chi connectivity index (χ4v) is 3.03. The summed E-state index contributed by atoms with van der Waals surface area (Å²) in [5.41, 5.74) is 0.526. The van der Waals surface area contributed by atoms with E-state index in [0.29, 0.717) is 5.56 Å². The highest BCUT2D eigenvalue weighted by Crippen LogP contribution is 2.40. The maximum absolute atomic E-state index is 13.9. The number of halogens is 2. The molecular weight excluding hydrogens is 220 g/mol. The summed E-state index contributed by atoms with van der Waals surface area (Å²) in [5.74, 6) is -0.899. The lowest BCUT2D eigenvalue weighted by Crippen LogP contribution is -2.39. The number of hydrogen-bond acceptors (Lipinski definition) is 1.